The van der Waals surface area contributed by atoms with E-state index in [4.69, 9.17) is 18.0 Å². The summed E-state index contributed by atoms with van der Waals surface area (Å²) in [5, 5.41) is 9.51. The first-order valence-electron chi connectivity index (χ1n) is 5.79. The molecule has 0 radical (unpaired) electrons. The minimum atomic E-state index is -0.402. The third-order valence-electron chi connectivity index (χ3n) is 2.27. The maximum Gasteiger partial charge on any atom is 0.292 e. The highest BCUT2D eigenvalue weighted by Crippen LogP contribution is 2.14. The lowest BCUT2D eigenvalue weighted by atomic mass is 10.3. The van der Waals surface area contributed by atoms with Crippen LogP contribution in [0.25, 0.3) is 0 Å². The minimum absolute atomic E-state index is 0.0704. The van der Waals surface area contributed by atoms with E-state index in [0.717, 1.165) is 4.68 Å². The number of aromatic nitrogens is 2. The third-order valence-corrected chi connectivity index (χ3v) is 2.55. The third kappa shape index (κ3) is 4.30. The largest absolute Gasteiger partial charge is 0.379 e. The van der Waals surface area contributed by atoms with Crippen LogP contribution >= 0.6 is 11.6 Å². The van der Waals surface area contributed by atoms with Gasteiger partial charge < -0.3 is 10.6 Å². The zero-order valence-corrected chi connectivity index (χ0v) is 11.3. The first-order chi connectivity index (χ1) is 9.10. The second-order valence-corrected chi connectivity index (χ2v) is 4.07. The van der Waals surface area contributed by atoms with Gasteiger partial charge in [0.25, 0.3) is 5.56 Å². The Bertz CT molecular complexity index is 548. The van der Waals surface area contributed by atoms with Crippen molar-refractivity contribution in [2.24, 2.45) is 0 Å². The average Bonchev–Trinajstić information content (AvgIpc) is 2.37. The average molecular weight is 283 g/mol. The topological polar surface area (TPSA) is 76.0 Å². The summed E-state index contributed by atoms with van der Waals surface area (Å²) in [6.07, 6.45) is 6.73. The summed E-state index contributed by atoms with van der Waals surface area (Å²) in [7, 11) is 0. The van der Waals surface area contributed by atoms with Gasteiger partial charge in [0.15, 0.2) is 0 Å². The zero-order valence-electron chi connectivity index (χ0n) is 10.6. The smallest absolute Gasteiger partial charge is 0.292 e. The van der Waals surface area contributed by atoms with Gasteiger partial charge in [-0.1, -0.05) is 17.5 Å². The molecule has 1 amide bonds. The highest BCUT2D eigenvalue weighted by atomic mass is 35.5. The van der Waals surface area contributed by atoms with Crippen LogP contribution in [0.1, 0.15) is 13.3 Å². The van der Waals surface area contributed by atoms with Gasteiger partial charge in [0.05, 0.1) is 11.2 Å². The molecule has 0 unspecified atom stereocenters. The normalized spacial score (nSPS) is 9.74. The summed E-state index contributed by atoms with van der Waals surface area (Å²) in [5.41, 5.74) is -0.197. The molecule has 0 aromatic carbocycles. The van der Waals surface area contributed by atoms with Gasteiger partial charge in [-0.2, -0.15) is 5.10 Å². The molecule has 6 nitrogen and oxygen atoms in total. The minimum Gasteiger partial charge on any atom is -0.379 e. The number of hydrogen-bond acceptors (Lipinski definition) is 4. The lowest BCUT2D eigenvalue weighted by Crippen LogP contribution is -2.28. The molecule has 0 atom stereocenters. The molecule has 102 valence electrons. The van der Waals surface area contributed by atoms with Crippen LogP contribution in [0, 0.1) is 12.3 Å². The Morgan fingerprint density at radius 3 is 3.00 bits per heavy atom. The lowest BCUT2D eigenvalue weighted by Gasteiger charge is -2.09. The predicted molar refractivity (Wildman–Crippen MR) is 74.1 cm³/mol. The van der Waals surface area contributed by atoms with Gasteiger partial charge in [0.1, 0.15) is 12.2 Å². The van der Waals surface area contributed by atoms with Crippen LogP contribution in [0.5, 0.6) is 0 Å². The van der Waals surface area contributed by atoms with Gasteiger partial charge in [-0.3, -0.25) is 9.59 Å². The summed E-state index contributed by atoms with van der Waals surface area (Å²) in [5.74, 6) is 2.23. The molecule has 0 aliphatic carbocycles. The predicted octanol–water partition coefficient (Wildman–Crippen LogP) is 0.468. The Hall–Kier alpha value is -2.00. The molecule has 0 fully saturated rings. The molecule has 0 saturated carbocycles. The molecular weight excluding hydrogens is 268 g/mol. The Labute approximate surface area is 116 Å². The second kappa shape index (κ2) is 7.44. The van der Waals surface area contributed by atoms with Crippen LogP contribution in [0.4, 0.5) is 5.69 Å². The van der Waals surface area contributed by atoms with Gasteiger partial charge in [0, 0.05) is 19.5 Å². The number of terminal acetylenes is 1. The molecule has 0 spiro atoms. The fourth-order valence-electron chi connectivity index (χ4n) is 1.41. The molecule has 0 aliphatic heterocycles. The number of rotatable bonds is 6. The van der Waals surface area contributed by atoms with Crippen molar-refractivity contribution in [3.05, 3.63) is 21.6 Å². The van der Waals surface area contributed by atoms with Crippen LogP contribution in [0.2, 0.25) is 5.02 Å². The number of halogens is 1. The maximum atomic E-state index is 11.9. The van der Waals surface area contributed by atoms with Gasteiger partial charge in [-0.05, 0) is 6.92 Å². The first-order valence-corrected chi connectivity index (χ1v) is 6.17. The first kappa shape index (κ1) is 15.1. The molecule has 1 aromatic rings. The van der Waals surface area contributed by atoms with Crippen molar-refractivity contribution in [2.75, 3.05) is 18.4 Å². The summed E-state index contributed by atoms with van der Waals surface area (Å²) in [4.78, 5) is 23.2. The standard InChI is InChI=1S/C12H15ClN4O2/c1-3-7-17-12(19)11(9(13)8-16-17)15-6-5-10(18)14-4-2/h1,8,15H,4-7H2,2H3,(H,14,18). The fourth-order valence-corrected chi connectivity index (χ4v) is 1.61. The van der Waals surface area contributed by atoms with Crippen LogP contribution in [0.3, 0.4) is 0 Å². The monoisotopic (exact) mass is 282 g/mol. The molecule has 1 rings (SSSR count). The molecule has 19 heavy (non-hydrogen) atoms. The Morgan fingerprint density at radius 2 is 2.37 bits per heavy atom. The van der Waals surface area contributed by atoms with Crippen molar-refractivity contribution in [3.63, 3.8) is 0 Å². The second-order valence-electron chi connectivity index (χ2n) is 3.66. The van der Waals surface area contributed by atoms with E-state index in [0.29, 0.717) is 13.1 Å². The molecule has 1 heterocycles. The number of nitrogens with zero attached hydrogens (tertiary/aromatic N) is 2. The van der Waals surface area contributed by atoms with E-state index >= 15 is 0 Å². The Morgan fingerprint density at radius 1 is 1.63 bits per heavy atom. The number of nitrogens with one attached hydrogen (secondary N) is 2. The Kier molecular flexibility index (Phi) is 5.90. The van der Waals surface area contributed by atoms with Crippen molar-refractivity contribution >= 4 is 23.2 Å². The number of amides is 1. The fraction of sp³-hybridized carbons (Fsp3) is 0.417. The summed E-state index contributed by atoms with van der Waals surface area (Å²) in [6.45, 7) is 2.79. The zero-order chi connectivity index (χ0) is 14.3. The van der Waals surface area contributed by atoms with Crippen LogP contribution in [-0.4, -0.2) is 28.8 Å². The van der Waals surface area contributed by atoms with Gasteiger partial charge >= 0.3 is 0 Å². The van der Waals surface area contributed by atoms with Crippen LogP contribution in [0.15, 0.2) is 11.0 Å². The van der Waals surface area contributed by atoms with E-state index in [1.807, 2.05) is 6.92 Å². The van der Waals surface area contributed by atoms with E-state index < -0.39 is 5.56 Å². The summed E-state index contributed by atoms with van der Waals surface area (Å²) < 4.78 is 1.13. The lowest BCUT2D eigenvalue weighted by molar-refractivity contribution is -0.120. The van der Waals surface area contributed by atoms with E-state index in [9.17, 15) is 9.59 Å². The van der Waals surface area contributed by atoms with Crippen molar-refractivity contribution in [2.45, 2.75) is 19.9 Å². The number of carbonyl (C=O) groups is 1. The summed E-state index contributed by atoms with van der Waals surface area (Å²) in [6, 6.07) is 0. The maximum absolute atomic E-state index is 11.9. The van der Waals surface area contributed by atoms with Crippen LogP contribution in [-0.2, 0) is 11.3 Å². The molecule has 2 N–H and O–H groups in total. The van der Waals surface area contributed by atoms with E-state index in [2.05, 4.69) is 21.7 Å². The highest BCUT2D eigenvalue weighted by molar-refractivity contribution is 6.33. The molecule has 0 aliphatic rings. The van der Waals surface area contributed by atoms with Gasteiger partial charge in [-0.15, -0.1) is 6.42 Å². The van der Waals surface area contributed by atoms with Crippen molar-refractivity contribution < 1.29 is 4.79 Å². The van der Waals surface area contributed by atoms with Crippen molar-refractivity contribution in [1.82, 2.24) is 15.1 Å². The quantitative estimate of drug-likeness (QED) is 0.744. The van der Waals surface area contributed by atoms with E-state index in [1.165, 1.54) is 6.20 Å². The molecule has 0 bridgehead atoms. The number of anilines is 1. The molecule has 0 saturated heterocycles. The molecule has 7 heteroatoms. The summed E-state index contributed by atoms with van der Waals surface area (Å²) >= 11 is 5.89. The SMILES string of the molecule is C#CCn1ncc(Cl)c(NCCC(=O)NCC)c1=O. The van der Waals surface area contributed by atoms with Gasteiger partial charge in [0.2, 0.25) is 5.91 Å². The van der Waals surface area contributed by atoms with E-state index in [1.54, 1.807) is 0 Å². The number of carbonyl (C=O) groups excluding carboxylic acids is 1. The van der Waals surface area contributed by atoms with Crippen molar-refractivity contribution in [3.8, 4) is 12.3 Å². The van der Waals surface area contributed by atoms with Crippen molar-refractivity contribution in [1.29, 1.82) is 0 Å². The number of hydrogen-bond donors (Lipinski definition) is 2. The van der Waals surface area contributed by atoms with E-state index in [-0.39, 0.29) is 29.6 Å². The van der Waals surface area contributed by atoms with Crippen LogP contribution < -0.4 is 16.2 Å². The van der Waals surface area contributed by atoms with Gasteiger partial charge in [-0.25, -0.2) is 4.68 Å². The highest BCUT2D eigenvalue weighted by Gasteiger charge is 2.09. The molecule has 1 aromatic heterocycles. The Balaban J connectivity index is 2.73. The molecular formula is C12H15ClN4O2.